The summed E-state index contributed by atoms with van der Waals surface area (Å²) in [7, 11) is 0. The van der Waals surface area contributed by atoms with Crippen molar-refractivity contribution in [2.45, 2.75) is 106 Å². The summed E-state index contributed by atoms with van der Waals surface area (Å²) in [5.74, 6) is 0.262. The molecule has 1 atom stereocenters. The first-order valence-electron chi connectivity index (χ1n) is 18.4. The van der Waals surface area contributed by atoms with Gasteiger partial charge in [-0.2, -0.15) is 0 Å². The number of dihydropyridines is 1. The number of carbonyl (C=O) groups excluding carboxylic acids is 2. The van der Waals surface area contributed by atoms with Gasteiger partial charge in [-0.15, -0.1) is 0 Å². The van der Waals surface area contributed by atoms with Crippen LogP contribution < -0.4 is 21.7 Å². The number of carbonyl (C=O) groups is 2. The van der Waals surface area contributed by atoms with E-state index in [9.17, 15) is 9.59 Å². The summed E-state index contributed by atoms with van der Waals surface area (Å²) in [5, 5.41) is 18.3. The summed E-state index contributed by atoms with van der Waals surface area (Å²) < 4.78 is 0. The lowest BCUT2D eigenvalue weighted by Crippen LogP contribution is -2.43. The molecular formula is C40H64N8O2. The van der Waals surface area contributed by atoms with Crippen molar-refractivity contribution in [2.24, 2.45) is 22.6 Å². The smallest absolute Gasteiger partial charge is 0.252 e. The van der Waals surface area contributed by atoms with Crippen molar-refractivity contribution < 1.29 is 9.59 Å². The van der Waals surface area contributed by atoms with E-state index >= 15 is 0 Å². The highest BCUT2D eigenvalue weighted by atomic mass is 16.1. The Morgan fingerprint density at radius 2 is 1.94 bits per heavy atom. The number of likely N-dealkylation sites (tertiary alicyclic amines) is 1. The molecule has 0 aromatic carbocycles. The minimum absolute atomic E-state index is 0.0666. The molecule has 0 radical (unpaired) electrons. The highest BCUT2D eigenvalue weighted by Gasteiger charge is 2.31. The monoisotopic (exact) mass is 689 g/mol. The fourth-order valence-electron chi connectivity index (χ4n) is 6.09. The zero-order chi connectivity index (χ0) is 37.4. The van der Waals surface area contributed by atoms with Crippen molar-refractivity contribution in [3.63, 3.8) is 0 Å². The second-order valence-corrected chi connectivity index (χ2v) is 13.8. The molecule has 0 spiro atoms. The van der Waals surface area contributed by atoms with Crippen LogP contribution in [0.5, 0.6) is 0 Å². The lowest BCUT2D eigenvalue weighted by molar-refractivity contribution is -0.120. The van der Waals surface area contributed by atoms with Crippen LogP contribution in [0.4, 0.5) is 0 Å². The molecule has 2 aliphatic rings. The van der Waals surface area contributed by atoms with Crippen LogP contribution in [-0.4, -0.2) is 71.8 Å². The van der Waals surface area contributed by atoms with Crippen LogP contribution in [0.15, 0.2) is 64.9 Å². The van der Waals surface area contributed by atoms with E-state index in [1.807, 2.05) is 53.0 Å². The third-order valence-electron chi connectivity index (χ3n) is 9.65. The number of amides is 1. The number of hydrogen-bond donors (Lipinski definition) is 6. The molecule has 0 saturated carbocycles. The molecule has 1 aromatic rings. The Morgan fingerprint density at radius 3 is 2.52 bits per heavy atom. The van der Waals surface area contributed by atoms with Crippen molar-refractivity contribution in [2.75, 3.05) is 26.2 Å². The number of Topliss-reactive ketones (excluding diaryl/α,β-unsaturated/α-hetero) is 1. The zero-order valence-corrected chi connectivity index (χ0v) is 32.1. The molecule has 0 bridgehead atoms. The minimum Gasteiger partial charge on any atom is -0.404 e. The normalized spacial score (nSPS) is 18.1. The van der Waals surface area contributed by atoms with E-state index in [2.05, 4.69) is 65.1 Å². The van der Waals surface area contributed by atoms with E-state index in [0.717, 1.165) is 54.9 Å². The number of rotatable bonds is 18. The van der Waals surface area contributed by atoms with Crippen LogP contribution in [0.3, 0.4) is 0 Å². The van der Waals surface area contributed by atoms with Crippen LogP contribution in [0, 0.1) is 17.2 Å². The first-order chi connectivity index (χ1) is 23.8. The van der Waals surface area contributed by atoms with Crippen LogP contribution in [-0.2, 0) is 9.59 Å². The second kappa shape index (κ2) is 20.5. The number of aromatic amines is 1. The van der Waals surface area contributed by atoms with Gasteiger partial charge in [-0.25, -0.2) is 0 Å². The fraction of sp³-hybridized carbons (Fsp3) is 0.550. The average Bonchev–Trinajstić information content (AvgIpc) is 3.72. The number of allylic oxidation sites excluding steroid dienone is 3. The molecule has 3 heterocycles. The van der Waals surface area contributed by atoms with Crippen molar-refractivity contribution in [3.8, 4) is 0 Å². The maximum Gasteiger partial charge on any atom is 0.252 e. The molecule has 2 aliphatic heterocycles. The number of hydrogen-bond acceptors (Lipinski definition) is 8. The van der Waals surface area contributed by atoms with E-state index in [4.69, 9.17) is 11.1 Å². The van der Waals surface area contributed by atoms with Gasteiger partial charge in [-0.05, 0) is 70.2 Å². The highest BCUT2D eigenvalue weighted by Crippen LogP contribution is 2.32. The lowest BCUT2D eigenvalue weighted by atomic mass is 9.89. The Labute approximate surface area is 301 Å². The predicted octanol–water partition coefficient (Wildman–Crippen LogP) is 6.72. The number of nitrogens with zero attached hydrogens (tertiary/aromatic N) is 2. The van der Waals surface area contributed by atoms with Crippen molar-refractivity contribution in [3.05, 3.63) is 71.1 Å². The van der Waals surface area contributed by atoms with Gasteiger partial charge in [0.2, 0.25) is 0 Å². The van der Waals surface area contributed by atoms with Crippen LogP contribution in [0.25, 0.3) is 11.1 Å². The van der Waals surface area contributed by atoms with Gasteiger partial charge in [0.05, 0.1) is 18.2 Å². The molecule has 7 N–H and O–H groups in total. The summed E-state index contributed by atoms with van der Waals surface area (Å²) in [5.41, 5.74) is 12.1. The van der Waals surface area contributed by atoms with E-state index in [1.165, 1.54) is 25.3 Å². The molecule has 1 fully saturated rings. The number of H-pyrrole nitrogens is 1. The molecule has 3 rings (SSSR count). The summed E-state index contributed by atoms with van der Waals surface area (Å²) in [6.45, 7) is 25.5. The molecular weight excluding hydrogens is 624 g/mol. The molecule has 1 amide bonds. The Hall–Kier alpha value is -4.18. The molecule has 1 saturated heterocycles. The molecule has 276 valence electrons. The van der Waals surface area contributed by atoms with Crippen LogP contribution in [0.2, 0.25) is 0 Å². The Bertz CT molecular complexity index is 1470. The maximum atomic E-state index is 13.1. The van der Waals surface area contributed by atoms with Crippen molar-refractivity contribution in [1.29, 1.82) is 5.41 Å². The van der Waals surface area contributed by atoms with Gasteiger partial charge < -0.3 is 32.1 Å². The number of aromatic nitrogens is 1. The third kappa shape index (κ3) is 11.7. The summed E-state index contributed by atoms with van der Waals surface area (Å²) in [4.78, 5) is 35.3. The van der Waals surface area contributed by atoms with E-state index in [1.54, 1.807) is 12.4 Å². The van der Waals surface area contributed by atoms with Crippen LogP contribution in [0.1, 0.15) is 106 Å². The quantitative estimate of drug-likeness (QED) is 0.0745. The van der Waals surface area contributed by atoms with Crippen molar-refractivity contribution in [1.82, 2.24) is 25.8 Å². The maximum absolute atomic E-state index is 13.1. The van der Waals surface area contributed by atoms with Gasteiger partial charge in [0.1, 0.15) is 0 Å². The van der Waals surface area contributed by atoms with Crippen molar-refractivity contribution >= 4 is 35.3 Å². The third-order valence-corrected chi connectivity index (χ3v) is 9.65. The summed E-state index contributed by atoms with van der Waals surface area (Å²) >= 11 is 0. The first-order valence-corrected chi connectivity index (χ1v) is 18.4. The van der Waals surface area contributed by atoms with E-state index < -0.39 is 0 Å². The van der Waals surface area contributed by atoms with Gasteiger partial charge in [0, 0.05) is 89.4 Å². The highest BCUT2D eigenvalue weighted by molar-refractivity contribution is 6.10. The standard InChI is InChI=1S/C38H58N8O2.C2H6/c1-9-28(10-2)16-32(35-17-29(22-44-35)31(19-39)21-41-24-36(47)25(3)4)33(20-40)26(5)45-34-18-30(23-43-27(34)6)37(48)42-13-15-46-14-11-12-38(46,7)8;1-2/h17-23,25,27-28,40,43-45H,5,9-16,24,39H2,1-4,6-8H3,(H,42,48);1-2H3/b31-19+,33-32+,40-20?,41-21?;. The van der Waals surface area contributed by atoms with E-state index in [-0.39, 0.29) is 35.7 Å². The van der Waals surface area contributed by atoms with Gasteiger partial charge in [0.15, 0.2) is 5.78 Å². The Kier molecular flexibility index (Phi) is 17.2. The fourth-order valence-corrected chi connectivity index (χ4v) is 6.09. The molecule has 0 aliphatic carbocycles. The average molecular weight is 689 g/mol. The van der Waals surface area contributed by atoms with Gasteiger partial charge >= 0.3 is 0 Å². The Balaban J connectivity index is 0.00000425. The molecule has 1 aromatic heterocycles. The second-order valence-electron chi connectivity index (χ2n) is 13.8. The van der Waals surface area contributed by atoms with Gasteiger partial charge in [-0.1, -0.05) is 61.0 Å². The summed E-state index contributed by atoms with van der Waals surface area (Å²) in [6.07, 6.45) is 15.0. The predicted molar refractivity (Wildman–Crippen MR) is 211 cm³/mol. The molecule has 1 unspecified atom stereocenters. The molecule has 50 heavy (non-hydrogen) atoms. The summed E-state index contributed by atoms with van der Waals surface area (Å²) in [6, 6.07) is 1.91. The topological polar surface area (TPSA) is 151 Å². The lowest BCUT2D eigenvalue weighted by Gasteiger charge is -2.31. The number of nitrogens with one attached hydrogen (secondary N) is 5. The number of aliphatic imine (C=N–C) groups is 1. The number of ketones is 1. The Morgan fingerprint density at radius 1 is 1.24 bits per heavy atom. The van der Waals surface area contributed by atoms with Gasteiger partial charge in [0.25, 0.3) is 5.91 Å². The first kappa shape index (κ1) is 42.0. The zero-order valence-electron chi connectivity index (χ0n) is 32.1. The van der Waals surface area contributed by atoms with Gasteiger partial charge in [-0.3, -0.25) is 19.5 Å². The molecule has 10 heteroatoms. The number of nitrogens with two attached hydrogens (primary N) is 1. The largest absolute Gasteiger partial charge is 0.404 e. The molecule has 10 nitrogen and oxygen atoms in total. The van der Waals surface area contributed by atoms with Crippen LogP contribution >= 0.6 is 0 Å². The minimum atomic E-state index is -0.131. The van der Waals surface area contributed by atoms with E-state index in [0.29, 0.717) is 34.9 Å². The SMILES string of the molecule is C=C(NC1=CC(C(=O)NCCN2CCCC2(C)C)=CNC1C)/C(C=N)=C(\CC(CC)CC)c1cc(/C(C=NCC(=O)C(C)C)=C/N)c[nH]1.CC.